The lowest BCUT2D eigenvalue weighted by atomic mass is 10.2. The summed E-state index contributed by atoms with van der Waals surface area (Å²) < 4.78 is 5.35. The van der Waals surface area contributed by atoms with Crippen LogP contribution in [0.15, 0.2) is 29.2 Å². The molecule has 1 unspecified atom stereocenters. The second kappa shape index (κ2) is 9.14. The average molecular weight is 268 g/mol. The van der Waals surface area contributed by atoms with Crippen molar-refractivity contribution in [2.75, 3.05) is 19.0 Å². The summed E-state index contributed by atoms with van der Waals surface area (Å²) in [6, 6.07) is 7.36. The van der Waals surface area contributed by atoms with Gasteiger partial charge in [-0.25, -0.2) is 0 Å². The number of aliphatic hydroxyl groups is 1. The summed E-state index contributed by atoms with van der Waals surface area (Å²) >= 11 is 1.53. The van der Waals surface area contributed by atoms with Crippen LogP contribution in [-0.2, 0) is 4.74 Å². The number of hydrogen-bond donors (Lipinski definition) is 1. The first-order chi connectivity index (χ1) is 8.76. The Bertz CT molecular complexity index is 355. The van der Waals surface area contributed by atoms with E-state index in [0.717, 1.165) is 24.0 Å². The van der Waals surface area contributed by atoms with Gasteiger partial charge in [0.05, 0.1) is 12.7 Å². The molecule has 0 spiro atoms. The molecule has 0 fully saturated rings. The number of ether oxygens (including phenoxy) is 1. The molecule has 0 aliphatic rings. The van der Waals surface area contributed by atoms with E-state index in [4.69, 9.17) is 4.74 Å². The molecule has 0 bridgehead atoms. The van der Waals surface area contributed by atoms with Crippen LogP contribution in [0.1, 0.15) is 30.1 Å². The van der Waals surface area contributed by atoms with E-state index in [1.54, 1.807) is 6.07 Å². The number of aliphatic hydroxyl groups excluding tert-OH is 1. The van der Waals surface area contributed by atoms with E-state index < -0.39 is 6.10 Å². The molecule has 1 rings (SSSR count). The van der Waals surface area contributed by atoms with Crippen LogP contribution < -0.4 is 0 Å². The summed E-state index contributed by atoms with van der Waals surface area (Å²) in [5.74, 6) is 0.578. The molecule has 0 heterocycles. The van der Waals surface area contributed by atoms with Crippen LogP contribution in [0.5, 0.6) is 0 Å². The van der Waals surface area contributed by atoms with Crippen LogP contribution in [0, 0.1) is 0 Å². The molecule has 4 heteroatoms. The highest BCUT2D eigenvalue weighted by atomic mass is 32.2. The van der Waals surface area contributed by atoms with E-state index in [1.165, 1.54) is 11.8 Å². The highest BCUT2D eigenvalue weighted by molar-refractivity contribution is 7.99. The Morgan fingerprint density at radius 3 is 3.06 bits per heavy atom. The van der Waals surface area contributed by atoms with Gasteiger partial charge in [0, 0.05) is 22.8 Å². The maximum atomic E-state index is 10.6. The van der Waals surface area contributed by atoms with Gasteiger partial charge in [-0.2, -0.15) is 0 Å². The van der Waals surface area contributed by atoms with Gasteiger partial charge in [0.15, 0.2) is 0 Å². The Morgan fingerprint density at radius 2 is 2.33 bits per heavy atom. The fourth-order valence-corrected chi connectivity index (χ4v) is 2.26. The molecule has 1 N–H and O–H groups in total. The molecular weight excluding hydrogens is 248 g/mol. The van der Waals surface area contributed by atoms with Crippen LogP contribution >= 0.6 is 11.8 Å². The smallest absolute Gasteiger partial charge is 0.150 e. The van der Waals surface area contributed by atoms with Crippen LogP contribution in [0.3, 0.4) is 0 Å². The van der Waals surface area contributed by atoms with Gasteiger partial charge < -0.3 is 9.84 Å². The van der Waals surface area contributed by atoms with E-state index in [-0.39, 0.29) is 0 Å². The van der Waals surface area contributed by atoms with Crippen molar-refractivity contribution < 1.29 is 14.6 Å². The Hall–Kier alpha value is -0.840. The molecule has 0 saturated heterocycles. The molecule has 1 aromatic rings. The van der Waals surface area contributed by atoms with E-state index in [0.29, 0.717) is 24.5 Å². The number of carbonyl (C=O) groups excluding carboxylic acids is 1. The lowest BCUT2D eigenvalue weighted by Gasteiger charge is -2.10. The first-order valence-corrected chi connectivity index (χ1v) is 7.18. The van der Waals surface area contributed by atoms with Crippen molar-refractivity contribution >= 4 is 18.0 Å². The number of thioether (sulfide) groups is 1. The second-order valence-electron chi connectivity index (χ2n) is 4.08. The standard InChI is InChI=1S/C14H20O3S/c1-2-3-7-17-10-13(16)11-18-14-6-4-5-12(8-14)9-15/h4-6,8-9,13,16H,2-3,7,10-11H2,1H3. The molecule has 0 aliphatic carbocycles. The second-order valence-corrected chi connectivity index (χ2v) is 5.18. The summed E-state index contributed by atoms with van der Waals surface area (Å²) in [5, 5.41) is 9.72. The predicted octanol–water partition coefficient (Wildman–Crippen LogP) is 2.77. The maximum absolute atomic E-state index is 10.6. The van der Waals surface area contributed by atoms with Crippen molar-refractivity contribution in [2.24, 2.45) is 0 Å². The first kappa shape index (κ1) is 15.2. The first-order valence-electron chi connectivity index (χ1n) is 6.20. The summed E-state index contributed by atoms with van der Waals surface area (Å²) in [7, 11) is 0. The number of carbonyl (C=O) groups is 1. The molecule has 3 nitrogen and oxygen atoms in total. The zero-order valence-corrected chi connectivity index (χ0v) is 11.5. The normalized spacial score (nSPS) is 12.3. The van der Waals surface area contributed by atoms with Gasteiger partial charge in [-0.3, -0.25) is 4.79 Å². The topological polar surface area (TPSA) is 46.5 Å². The lowest BCUT2D eigenvalue weighted by Crippen LogP contribution is -2.18. The van der Waals surface area contributed by atoms with Crippen molar-refractivity contribution in [3.05, 3.63) is 29.8 Å². The largest absolute Gasteiger partial charge is 0.390 e. The lowest BCUT2D eigenvalue weighted by molar-refractivity contribution is 0.0473. The number of benzene rings is 1. The minimum Gasteiger partial charge on any atom is -0.390 e. The monoisotopic (exact) mass is 268 g/mol. The fraction of sp³-hybridized carbons (Fsp3) is 0.500. The average Bonchev–Trinajstić information content (AvgIpc) is 2.41. The van der Waals surface area contributed by atoms with Crippen LogP contribution in [0.25, 0.3) is 0 Å². The van der Waals surface area contributed by atoms with E-state index in [1.807, 2.05) is 18.2 Å². The molecule has 100 valence electrons. The molecule has 18 heavy (non-hydrogen) atoms. The van der Waals surface area contributed by atoms with Gasteiger partial charge in [0.25, 0.3) is 0 Å². The van der Waals surface area contributed by atoms with Crippen LogP contribution in [0.2, 0.25) is 0 Å². The Morgan fingerprint density at radius 1 is 1.50 bits per heavy atom. The molecule has 0 aliphatic heterocycles. The number of hydrogen-bond acceptors (Lipinski definition) is 4. The molecule has 0 aromatic heterocycles. The molecule has 0 amide bonds. The molecule has 0 saturated carbocycles. The Balaban J connectivity index is 2.24. The van der Waals surface area contributed by atoms with Gasteiger partial charge in [-0.15, -0.1) is 11.8 Å². The maximum Gasteiger partial charge on any atom is 0.150 e. The zero-order valence-electron chi connectivity index (χ0n) is 10.7. The van der Waals surface area contributed by atoms with Crippen LogP contribution in [-0.4, -0.2) is 36.5 Å². The fourth-order valence-electron chi connectivity index (χ4n) is 1.38. The zero-order chi connectivity index (χ0) is 13.2. The molecule has 0 radical (unpaired) electrons. The quantitative estimate of drug-likeness (QED) is 0.425. The number of rotatable bonds is 9. The summed E-state index contributed by atoms with van der Waals surface area (Å²) in [5.41, 5.74) is 0.661. The van der Waals surface area contributed by atoms with Gasteiger partial charge in [0.2, 0.25) is 0 Å². The SMILES string of the molecule is CCCCOCC(O)CSc1cccc(C=O)c1. The minimum absolute atomic E-state index is 0.375. The number of aldehydes is 1. The molecule has 1 atom stereocenters. The van der Waals surface area contributed by atoms with Gasteiger partial charge in [-0.1, -0.05) is 25.5 Å². The minimum atomic E-state index is -0.466. The third-order valence-electron chi connectivity index (χ3n) is 2.39. The van der Waals surface area contributed by atoms with Gasteiger partial charge in [-0.05, 0) is 18.6 Å². The van der Waals surface area contributed by atoms with Crippen LogP contribution in [0.4, 0.5) is 0 Å². The van der Waals surface area contributed by atoms with E-state index >= 15 is 0 Å². The summed E-state index contributed by atoms with van der Waals surface area (Å²) in [6.45, 7) is 3.19. The predicted molar refractivity (Wildman–Crippen MR) is 74.3 cm³/mol. The summed E-state index contributed by atoms with van der Waals surface area (Å²) in [6.07, 6.45) is 2.49. The third kappa shape index (κ3) is 6.19. The third-order valence-corrected chi connectivity index (χ3v) is 3.53. The van der Waals surface area contributed by atoms with Crippen molar-refractivity contribution in [1.29, 1.82) is 0 Å². The highest BCUT2D eigenvalue weighted by Crippen LogP contribution is 2.19. The summed E-state index contributed by atoms with van der Waals surface area (Å²) in [4.78, 5) is 11.6. The Kier molecular flexibility index (Phi) is 7.73. The van der Waals surface area contributed by atoms with E-state index in [2.05, 4.69) is 6.92 Å². The van der Waals surface area contributed by atoms with Crippen molar-refractivity contribution in [1.82, 2.24) is 0 Å². The van der Waals surface area contributed by atoms with Crippen molar-refractivity contribution in [3.8, 4) is 0 Å². The van der Waals surface area contributed by atoms with Gasteiger partial charge >= 0.3 is 0 Å². The molecule has 1 aromatic carbocycles. The Labute approximate surface area is 113 Å². The van der Waals surface area contributed by atoms with Crippen molar-refractivity contribution in [3.63, 3.8) is 0 Å². The molecular formula is C14H20O3S. The highest BCUT2D eigenvalue weighted by Gasteiger charge is 2.05. The van der Waals surface area contributed by atoms with E-state index in [9.17, 15) is 9.90 Å². The number of unbranched alkanes of at least 4 members (excludes halogenated alkanes) is 1. The van der Waals surface area contributed by atoms with Gasteiger partial charge in [0.1, 0.15) is 6.29 Å². The van der Waals surface area contributed by atoms with Crippen molar-refractivity contribution in [2.45, 2.75) is 30.8 Å².